The quantitative estimate of drug-likeness (QED) is 0.377. The molecule has 0 aromatic carbocycles. The van der Waals surface area contributed by atoms with Crippen LogP contribution in [0.25, 0.3) is 0 Å². The minimum Gasteiger partial charge on any atom is -0.693 e. The first-order valence-electron chi connectivity index (χ1n) is 2.38. The SMILES string of the molecule is O=S(=O)([O-])[n+]1ccncc1. The number of hydrogen-bond acceptors (Lipinski definition) is 4. The molecule has 10 heavy (non-hydrogen) atoms. The molecule has 54 valence electrons. The molecular formula is C4H4N2O3S. The zero-order valence-corrected chi connectivity index (χ0v) is 5.65. The van der Waals surface area contributed by atoms with Crippen LogP contribution in [0.15, 0.2) is 24.8 Å². The Morgan fingerprint density at radius 2 is 1.80 bits per heavy atom. The summed E-state index contributed by atoms with van der Waals surface area (Å²) in [6.45, 7) is 0. The van der Waals surface area contributed by atoms with Gasteiger partial charge in [-0.25, -0.2) is 0 Å². The first-order valence-corrected chi connectivity index (χ1v) is 3.75. The van der Waals surface area contributed by atoms with Gasteiger partial charge in [-0.15, -0.1) is 0 Å². The summed E-state index contributed by atoms with van der Waals surface area (Å²) in [7, 11) is -4.38. The molecule has 1 aromatic heterocycles. The molecule has 0 saturated carbocycles. The third-order valence-electron chi connectivity index (χ3n) is 0.858. The van der Waals surface area contributed by atoms with Crippen molar-refractivity contribution in [2.45, 2.75) is 0 Å². The Hall–Kier alpha value is -1.01. The molecule has 1 aromatic rings. The molecule has 0 unspecified atom stereocenters. The molecule has 1 rings (SSSR count). The van der Waals surface area contributed by atoms with Crippen LogP contribution in [0.4, 0.5) is 0 Å². The van der Waals surface area contributed by atoms with Crippen molar-refractivity contribution in [3.63, 3.8) is 0 Å². The maximum Gasteiger partial charge on any atom is 0.330 e. The second-order valence-electron chi connectivity index (χ2n) is 1.53. The van der Waals surface area contributed by atoms with Gasteiger partial charge < -0.3 is 4.55 Å². The van der Waals surface area contributed by atoms with E-state index < -0.39 is 10.3 Å². The van der Waals surface area contributed by atoms with Crippen LogP contribution in [0.1, 0.15) is 0 Å². The maximum atomic E-state index is 10.2. The minimum atomic E-state index is -4.38. The van der Waals surface area contributed by atoms with Crippen molar-refractivity contribution in [2.75, 3.05) is 0 Å². The lowest BCUT2D eigenvalue weighted by Crippen LogP contribution is -2.41. The van der Waals surface area contributed by atoms with E-state index in [9.17, 15) is 13.0 Å². The van der Waals surface area contributed by atoms with Crippen molar-refractivity contribution >= 4 is 10.3 Å². The van der Waals surface area contributed by atoms with Crippen LogP contribution in [0, 0.1) is 0 Å². The lowest BCUT2D eigenvalue weighted by molar-refractivity contribution is -0.520. The van der Waals surface area contributed by atoms with E-state index in [1.54, 1.807) is 0 Å². The highest BCUT2D eigenvalue weighted by Crippen LogP contribution is 1.74. The van der Waals surface area contributed by atoms with Crippen molar-refractivity contribution in [1.82, 2.24) is 4.98 Å². The van der Waals surface area contributed by atoms with Gasteiger partial charge >= 0.3 is 10.3 Å². The highest BCUT2D eigenvalue weighted by molar-refractivity contribution is 7.78. The fraction of sp³-hybridized carbons (Fsp3) is 0. The van der Waals surface area contributed by atoms with E-state index >= 15 is 0 Å². The summed E-state index contributed by atoms with van der Waals surface area (Å²) in [5.74, 6) is 0. The van der Waals surface area contributed by atoms with Crippen LogP contribution in [-0.2, 0) is 10.3 Å². The molecule has 0 radical (unpaired) electrons. The molecule has 6 heteroatoms. The highest BCUT2D eigenvalue weighted by Gasteiger charge is 2.04. The van der Waals surface area contributed by atoms with Gasteiger partial charge in [-0.05, 0) is 0 Å². The zero-order chi connectivity index (χ0) is 7.61. The largest absolute Gasteiger partial charge is 0.693 e. The van der Waals surface area contributed by atoms with Gasteiger partial charge in [0.1, 0.15) is 0 Å². The first kappa shape index (κ1) is 7.10. The topological polar surface area (TPSA) is 74.0 Å². The molecular weight excluding hydrogens is 156 g/mol. The van der Waals surface area contributed by atoms with E-state index in [-0.39, 0.29) is 0 Å². The molecule has 1 heterocycles. The fourth-order valence-electron chi connectivity index (χ4n) is 0.457. The zero-order valence-electron chi connectivity index (χ0n) is 4.84. The third-order valence-corrected chi connectivity index (χ3v) is 1.62. The predicted octanol–water partition coefficient (Wildman–Crippen LogP) is -1.32. The molecule has 0 saturated heterocycles. The Morgan fingerprint density at radius 1 is 1.30 bits per heavy atom. The molecule has 0 bridgehead atoms. The Balaban J connectivity index is 3.22. The van der Waals surface area contributed by atoms with Crippen LogP contribution in [0.3, 0.4) is 0 Å². The summed E-state index contributed by atoms with van der Waals surface area (Å²) >= 11 is 0. The number of rotatable bonds is 1. The molecule has 0 spiro atoms. The second kappa shape index (κ2) is 2.31. The van der Waals surface area contributed by atoms with Crippen molar-refractivity contribution in [3.8, 4) is 0 Å². The Morgan fingerprint density at radius 3 is 2.10 bits per heavy atom. The number of nitrogens with zero attached hydrogens (tertiary/aromatic N) is 2. The fourth-order valence-corrected chi connectivity index (χ4v) is 0.864. The molecule has 0 amide bonds. The van der Waals surface area contributed by atoms with E-state index in [0.717, 1.165) is 12.4 Å². The van der Waals surface area contributed by atoms with Crippen LogP contribution in [-0.4, -0.2) is 18.0 Å². The third kappa shape index (κ3) is 1.49. The lowest BCUT2D eigenvalue weighted by Gasteiger charge is -1.96. The van der Waals surface area contributed by atoms with Crippen LogP contribution in [0.2, 0.25) is 0 Å². The Kier molecular flexibility index (Phi) is 1.64. The van der Waals surface area contributed by atoms with Gasteiger partial charge in [0, 0.05) is 0 Å². The molecule has 5 nitrogen and oxygen atoms in total. The average molecular weight is 160 g/mol. The van der Waals surface area contributed by atoms with Gasteiger partial charge in [-0.1, -0.05) is 3.97 Å². The van der Waals surface area contributed by atoms with Crippen LogP contribution in [0.5, 0.6) is 0 Å². The minimum absolute atomic E-state index is 0.542. The van der Waals surface area contributed by atoms with Crippen molar-refractivity contribution in [1.29, 1.82) is 0 Å². The van der Waals surface area contributed by atoms with Gasteiger partial charge in [0.15, 0.2) is 0 Å². The number of hydrogen-bond donors (Lipinski definition) is 0. The first-order chi connectivity index (χ1) is 4.61. The molecule has 0 fully saturated rings. The Bertz CT molecular complexity index is 307. The van der Waals surface area contributed by atoms with E-state index in [1.807, 2.05) is 0 Å². The standard InChI is InChI=1S/C4H4N2O3S/c7-10(8,9)6-3-1-5-2-4-6/h1-4H. The summed E-state index contributed by atoms with van der Waals surface area (Å²) < 4.78 is 31.2. The molecule has 0 aliphatic rings. The second-order valence-corrected chi connectivity index (χ2v) is 2.81. The predicted molar refractivity (Wildman–Crippen MR) is 29.5 cm³/mol. The normalized spacial score (nSPS) is 11.3. The Labute approximate surface area is 57.8 Å². The molecule has 0 N–H and O–H groups in total. The average Bonchev–Trinajstić information content (AvgIpc) is 1.88. The van der Waals surface area contributed by atoms with Gasteiger partial charge in [0.25, 0.3) is 0 Å². The van der Waals surface area contributed by atoms with E-state index in [2.05, 4.69) is 4.98 Å². The summed E-state index contributed by atoms with van der Waals surface area (Å²) in [6.07, 6.45) is 4.58. The summed E-state index contributed by atoms with van der Waals surface area (Å²) in [5, 5.41) is 0. The molecule has 0 atom stereocenters. The van der Waals surface area contributed by atoms with Crippen LogP contribution >= 0.6 is 0 Å². The maximum absolute atomic E-state index is 10.2. The van der Waals surface area contributed by atoms with Crippen molar-refractivity contribution in [3.05, 3.63) is 24.8 Å². The van der Waals surface area contributed by atoms with Gasteiger partial charge in [-0.2, -0.15) is 8.42 Å². The highest BCUT2D eigenvalue weighted by atomic mass is 32.2. The van der Waals surface area contributed by atoms with E-state index in [0.29, 0.717) is 3.97 Å². The van der Waals surface area contributed by atoms with Gasteiger partial charge in [0.2, 0.25) is 12.4 Å². The van der Waals surface area contributed by atoms with E-state index in [1.165, 1.54) is 12.4 Å². The van der Waals surface area contributed by atoms with Gasteiger partial charge in [-0.3, -0.25) is 4.98 Å². The molecule has 0 aliphatic carbocycles. The number of aromatic nitrogens is 2. The van der Waals surface area contributed by atoms with Crippen LogP contribution < -0.4 is 3.97 Å². The summed E-state index contributed by atoms with van der Waals surface area (Å²) in [4.78, 5) is 3.53. The smallest absolute Gasteiger partial charge is 0.330 e. The molecule has 0 aliphatic heterocycles. The monoisotopic (exact) mass is 160 g/mol. The summed E-state index contributed by atoms with van der Waals surface area (Å²) in [5.41, 5.74) is 0. The van der Waals surface area contributed by atoms with Gasteiger partial charge in [0.05, 0.1) is 12.4 Å². The van der Waals surface area contributed by atoms with E-state index in [4.69, 9.17) is 0 Å². The summed E-state index contributed by atoms with van der Waals surface area (Å²) in [6, 6.07) is 0. The van der Waals surface area contributed by atoms with Crippen molar-refractivity contribution in [2.24, 2.45) is 0 Å². The van der Waals surface area contributed by atoms with Crippen molar-refractivity contribution < 1.29 is 16.9 Å². The lowest BCUT2D eigenvalue weighted by atomic mass is 10.8.